The van der Waals surface area contributed by atoms with Gasteiger partial charge in [-0.3, -0.25) is 0 Å². The fourth-order valence-corrected chi connectivity index (χ4v) is 12.2. The number of nitrogens with zero attached hydrogens (tertiary/aromatic N) is 3. The molecular weight excluding hydrogens is 913 g/mol. The Morgan fingerprint density at radius 2 is 0.568 bits per heavy atom. The molecule has 0 saturated carbocycles. The fraction of sp³-hybridized carbons (Fsp3) is 0. The van der Waals surface area contributed by atoms with Gasteiger partial charge < -0.3 is 0 Å². The number of fused-ring (bicyclic) bond motifs is 6. The Morgan fingerprint density at radius 1 is 0.230 bits per heavy atom. The summed E-state index contributed by atoms with van der Waals surface area (Å²) in [5.74, 6) is 0.195. The van der Waals surface area contributed by atoms with Crippen LogP contribution in [0.2, 0.25) is 0 Å². The molecule has 0 aliphatic rings. The highest BCUT2D eigenvalue weighted by Crippen LogP contribution is 2.39. The van der Waals surface area contributed by atoms with Crippen LogP contribution in [0.3, 0.4) is 0 Å². The largest absolute Gasteiger partial charge is 0.208 e. The Balaban J connectivity index is 1.20. The molecule has 8 aromatic carbocycles. The molecule has 0 amide bonds. The highest BCUT2D eigenvalue weighted by molar-refractivity contribution is 7.29. The number of thiophene rings is 2. The molecule has 0 N–H and O–H groups in total. The summed E-state index contributed by atoms with van der Waals surface area (Å²) in [4.78, 5) is 15.2. The first-order valence-electron chi connectivity index (χ1n) is 22.4. The van der Waals surface area contributed by atoms with Crippen molar-refractivity contribution in [1.82, 2.24) is 15.0 Å². The first kappa shape index (κ1) is 50.5. The van der Waals surface area contributed by atoms with Gasteiger partial charge >= 0.3 is 0 Å². The predicted molar refractivity (Wildman–Crippen MR) is 335 cm³/mol. The van der Waals surface area contributed by atoms with Crippen LogP contribution in [0, 0.1) is 0 Å². The zero-order valence-electron chi connectivity index (χ0n) is 39.1. The monoisotopic (exact) mass is 929 g/mol. The van der Waals surface area contributed by atoms with Crippen LogP contribution in [0.15, 0.2) is 78.9 Å². The zero-order valence-corrected chi connectivity index (χ0v) is 40.7. The van der Waals surface area contributed by atoms with Crippen molar-refractivity contribution in [2.45, 2.75) is 0 Å². The normalized spacial score (nSPS) is 11.7. The Kier molecular flexibility index (Phi) is 12.7. The van der Waals surface area contributed by atoms with Crippen molar-refractivity contribution in [1.29, 1.82) is 0 Å². The van der Waals surface area contributed by atoms with E-state index in [0.29, 0.717) is 45.9 Å². The van der Waals surface area contributed by atoms with Crippen LogP contribution >= 0.6 is 22.7 Å². The molecule has 0 aliphatic heterocycles. The second-order valence-corrected chi connectivity index (χ2v) is 19.8. The van der Waals surface area contributed by atoms with Crippen LogP contribution in [-0.4, -0.2) is 156 Å². The maximum atomic E-state index is 7.28. The molecule has 0 saturated heterocycles. The maximum absolute atomic E-state index is 7.28. The molecule has 0 fully saturated rings. The summed E-state index contributed by atoms with van der Waals surface area (Å²) in [6.07, 6.45) is 0. The van der Waals surface area contributed by atoms with Gasteiger partial charge in [0.2, 0.25) is 0 Å². The average Bonchev–Trinajstić information content (AvgIpc) is 4.03. The molecule has 3 heterocycles. The molecule has 0 atom stereocenters. The molecule has 11 rings (SSSR count). The Bertz CT molecular complexity index is 4260. The van der Waals surface area contributed by atoms with Gasteiger partial charge in [-0.2, -0.15) is 0 Å². The number of aromatic nitrogens is 3. The van der Waals surface area contributed by atoms with Gasteiger partial charge in [-0.15, -0.1) is 60.9 Å². The summed E-state index contributed by atoms with van der Waals surface area (Å²) >= 11 is 2.37. The van der Waals surface area contributed by atoms with Gasteiger partial charge in [0.1, 0.15) is 141 Å². The van der Waals surface area contributed by atoms with Crippen molar-refractivity contribution in [3.8, 4) is 67.5 Å². The van der Waals surface area contributed by atoms with Crippen LogP contribution in [0.1, 0.15) is 0 Å². The molecule has 0 bridgehead atoms. The average molecular weight is 926 g/mol. The molecule has 36 radical (unpaired) electrons. The summed E-state index contributed by atoms with van der Waals surface area (Å²) in [6.45, 7) is 0. The third-order valence-electron chi connectivity index (χ3n) is 13.7. The Hall–Kier alpha value is -5.62. The SMILES string of the molecule is [B]c1c([B])c([B])c(-c2c([B])c([B])c([B])c3sc4c([B])c(-c5nc(-c6ccc(-c7cccc(-c8ccccc8)c7)cc6)nc(-c6c([B])c([B])c([B])c7sc8c([B])c([B])c([B])c([B])c8c67)n5)c([B])c([B])c4c23)c([B])c1[B]. The van der Waals surface area contributed by atoms with Gasteiger partial charge in [0.15, 0.2) is 17.5 Å². The van der Waals surface area contributed by atoms with Crippen molar-refractivity contribution < 1.29 is 0 Å². The van der Waals surface area contributed by atoms with Gasteiger partial charge in [0, 0.05) is 46.3 Å². The highest BCUT2D eigenvalue weighted by Gasteiger charge is 2.28. The van der Waals surface area contributed by atoms with Gasteiger partial charge in [-0.1, -0.05) is 133 Å². The van der Waals surface area contributed by atoms with Crippen molar-refractivity contribution in [3.63, 3.8) is 0 Å². The van der Waals surface area contributed by atoms with Crippen molar-refractivity contribution in [3.05, 3.63) is 78.9 Å². The van der Waals surface area contributed by atoms with E-state index in [4.69, 9.17) is 156 Å². The lowest BCUT2D eigenvalue weighted by Gasteiger charge is -2.25. The fourth-order valence-electron chi connectivity index (χ4n) is 9.66. The van der Waals surface area contributed by atoms with Crippen molar-refractivity contribution >= 4 is 303 Å². The second kappa shape index (κ2) is 18.6. The summed E-state index contributed by atoms with van der Waals surface area (Å²) in [7, 11) is 121. The van der Waals surface area contributed by atoms with Crippen molar-refractivity contribution in [2.75, 3.05) is 0 Å². The molecule has 23 heteroatoms. The molecule has 11 aromatic rings. The molecule has 298 valence electrons. The minimum Gasteiger partial charge on any atom is -0.208 e. The lowest BCUT2D eigenvalue weighted by molar-refractivity contribution is 1.08. The zero-order chi connectivity index (χ0) is 52.7. The quantitative estimate of drug-likeness (QED) is 0.156. The van der Waals surface area contributed by atoms with E-state index in [-0.39, 0.29) is 138 Å². The third kappa shape index (κ3) is 7.51. The summed E-state index contributed by atoms with van der Waals surface area (Å²) in [6, 6.07) is 26.0. The van der Waals surface area contributed by atoms with Crippen LogP contribution in [0.4, 0.5) is 0 Å². The minimum atomic E-state index is -0.0279. The number of rotatable bonds is 6. The van der Waals surface area contributed by atoms with E-state index in [2.05, 4.69) is 24.3 Å². The van der Waals surface area contributed by atoms with E-state index in [1.165, 1.54) is 11.3 Å². The molecule has 3 nitrogen and oxygen atoms in total. The van der Waals surface area contributed by atoms with Crippen molar-refractivity contribution in [2.24, 2.45) is 0 Å². The number of hydrogen-bond acceptors (Lipinski definition) is 5. The molecular formula is C51H13B18N3S2. The van der Waals surface area contributed by atoms with Gasteiger partial charge in [-0.05, 0) is 50.2 Å². The summed E-state index contributed by atoms with van der Waals surface area (Å²) < 4.78 is 1.79. The van der Waals surface area contributed by atoms with Gasteiger partial charge in [0.05, 0.1) is 0 Å². The molecule has 0 spiro atoms. The summed E-state index contributed by atoms with van der Waals surface area (Å²) in [5.41, 5.74) is 6.34. The predicted octanol–water partition coefficient (Wildman–Crippen LogP) is -7.10. The molecule has 74 heavy (non-hydrogen) atoms. The topological polar surface area (TPSA) is 38.7 Å². The van der Waals surface area contributed by atoms with Crippen LogP contribution < -0.4 is 98.3 Å². The Labute approximate surface area is 460 Å². The number of hydrogen-bond donors (Lipinski definition) is 0. The standard InChI is InChI=1S/C51H13B18N3S2/c52-27-19(22-28(53)35(60)40(65)36(61)29(22)54)20-23-30(55)33(58)26(34(59)47(23)73-45(20)42(67)38(27)63)51-71-49(16-11-9-15(10-12-16)18-8-4-7-17(13-18)14-5-2-1-3-6-14)70-50(72-51)25-21-24-31(56)37(62)41(66)44(69)48(24)74-46(21)43(68)39(64)32(25)57/h1-13H. The van der Waals surface area contributed by atoms with E-state index >= 15 is 0 Å². The van der Waals surface area contributed by atoms with E-state index in [1.807, 2.05) is 54.6 Å². The number of benzene rings is 8. The summed E-state index contributed by atoms with van der Waals surface area (Å²) in [5, 5.41) is 1.56. The lowest BCUT2D eigenvalue weighted by Crippen LogP contribution is -2.56. The first-order chi connectivity index (χ1) is 35.2. The smallest absolute Gasteiger partial charge is 0.164 e. The Morgan fingerprint density at radius 3 is 1.12 bits per heavy atom. The van der Waals surface area contributed by atoms with Crippen LogP contribution in [0.5, 0.6) is 0 Å². The minimum absolute atomic E-state index is 0.00628. The van der Waals surface area contributed by atoms with E-state index in [0.717, 1.165) is 33.6 Å². The van der Waals surface area contributed by atoms with E-state index in [9.17, 15) is 0 Å². The van der Waals surface area contributed by atoms with E-state index in [1.54, 1.807) is 0 Å². The van der Waals surface area contributed by atoms with Gasteiger partial charge in [-0.25, -0.2) is 15.0 Å². The van der Waals surface area contributed by atoms with E-state index < -0.39 is 0 Å². The third-order valence-corrected chi connectivity index (χ3v) is 16.2. The highest BCUT2D eigenvalue weighted by atomic mass is 32.1. The van der Waals surface area contributed by atoms with Crippen LogP contribution in [0.25, 0.3) is 108 Å². The molecule has 3 aromatic heterocycles. The second-order valence-electron chi connectivity index (χ2n) is 17.8. The lowest BCUT2D eigenvalue weighted by atomic mass is 9.58. The first-order valence-corrected chi connectivity index (χ1v) is 24.0. The van der Waals surface area contributed by atoms with Gasteiger partial charge in [0.25, 0.3) is 0 Å². The molecule has 0 unspecified atom stereocenters. The van der Waals surface area contributed by atoms with Crippen LogP contribution in [-0.2, 0) is 0 Å². The maximum Gasteiger partial charge on any atom is 0.164 e. The molecule has 0 aliphatic carbocycles.